The molecule has 0 saturated heterocycles. The molecule has 0 radical (unpaired) electrons. The summed E-state index contributed by atoms with van der Waals surface area (Å²) >= 11 is 0. The van der Waals surface area contributed by atoms with Crippen LogP contribution in [-0.2, 0) is 13.0 Å². The van der Waals surface area contributed by atoms with Crippen LogP contribution < -0.4 is 22.3 Å². The molecule has 0 aliphatic heterocycles. The predicted octanol–water partition coefficient (Wildman–Crippen LogP) is 5.26. The molecule has 218 valence electrons. The van der Waals surface area contributed by atoms with Crippen LogP contribution in [0.15, 0.2) is 78.9 Å². The van der Waals surface area contributed by atoms with Gasteiger partial charge in [0, 0.05) is 11.1 Å². The summed E-state index contributed by atoms with van der Waals surface area (Å²) in [5, 5.41) is 5.63. The highest BCUT2D eigenvalue weighted by Gasteiger charge is 2.30. The summed E-state index contributed by atoms with van der Waals surface area (Å²) in [7, 11) is 0. The maximum Gasteiger partial charge on any atom is 0.252 e. The molecule has 4 aromatic rings. The van der Waals surface area contributed by atoms with E-state index < -0.39 is 0 Å². The Morgan fingerprint density at radius 3 is 1.93 bits per heavy atom. The van der Waals surface area contributed by atoms with Gasteiger partial charge in [0.25, 0.3) is 5.91 Å². The molecule has 3 nitrogen and oxygen atoms in total. The Bertz CT molecular complexity index is 1410. The largest absolute Gasteiger partial charge is 1.00 e. The van der Waals surface area contributed by atoms with Crippen molar-refractivity contribution in [2.45, 2.75) is 73.4 Å². The topological polar surface area (TPSA) is 29.1 Å². The summed E-state index contributed by atoms with van der Waals surface area (Å²) in [6, 6.07) is 28.0. The lowest BCUT2D eigenvalue weighted by atomic mass is 9.99. The van der Waals surface area contributed by atoms with Crippen molar-refractivity contribution < 1.29 is 26.3 Å². The van der Waals surface area contributed by atoms with E-state index in [2.05, 4.69) is 101 Å². The quantitative estimate of drug-likeness (QED) is 0.217. The van der Waals surface area contributed by atoms with Gasteiger partial charge in [0.2, 0.25) is 0 Å². The lowest BCUT2D eigenvalue weighted by molar-refractivity contribution is -0.938. The second kappa shape index (κ2) is 14.8. The smallest absolute Gasteiger partial charge is 0.252 e. The first-order chi connectivity index (χ1) is 19.2. The van der Waals surface area contributed by atoms with Crippen molar-refractivity contribution in [2.75, 3.05) is 19.6 Å². The number of carbonyl (C=O) groups excluding carboxylic acids is 1. The van der Waals surface area contributed by atoms with Gasteiger partial charge in [-0.1, -0.05) is 95.1 Å². The lowest BCUT2D eigenvalue weighted by Crippen LogP contribution is -3.00. The molecular formula is C37H47BrN2O. The highest BCUT2D eigenvalue weighted by atomic mass is 79.9. The average Bonchev–Trinajstić information content (AvgIpc) is 2.91. The number of nitrogens with zero attached hydrogens (tertiary/aromatic N) is 1. The van der Waals surface area contributed by atoms with Crippen LogP contribution in [0, 0.1) is 27.7 Å². The van der Waals surface area contributed by atoms with Crippen molar-refractivity contribution in [1.82, 2.24) is 5.32 Å². The molecule has 0 bridgehead atoms. The first kappa shape index (κ1) is 32.6. The van der Waals surface area contributed by atoms with Crippen LogP contribution in [-0.4, -0.2) is 36.1 Å². The molecule has 0 heterocycles. The number of hydrogen-bond acceptors (Lipinski definition) is 1. The van der Waals surface area contributed by atoms with Crippen molar-refractivity contribution in [3.8, 4) is 0 Å². The van der Waals surface area contributed by atoms with Crippen LogP contribution in [0.4, 0.5) is 0 Å². The van der Waals surface area contributed by atoms with Crippen LogP contribution >= 0.6 is 0 Å². The molecule has 0 fully saturated rings. The number of carbonyl (C=O) groups is 1. The van der Waals surface area contributed by atoms with E-state index in [1.54, 1.807) is 0 Å². The molecule has 0 spiro atoms. The number of nitrogens with one attached hydrogen (secondary N) is 1. The third-order valence-corrected chi connectivity index (χ3v) is 8.42. The maximum atomic E-state index is 13.8. The fraction of sp³-hybridized carbons (Fsp3) is 0.378. The fourth-order valence-electron chi connectivity index (χ4n) is 6.45. The van der Waals surface area contributed by atoms with Crippen LogP contribution in [0.5, 0.6) is 0 Å². The first-order valence-electron chi connectivity index (χ1n) is 15.0. The number of fused-ring (bicyclic) bond motifs is 1. The molecule has 0 aliphatic rings. The number of hydrogen-bond donors (Lipinski definition) is 1. The molecule has 4 heteroatoms. The van der Waals surface area contributed by atoms with E-state index in [0.717, 1.165) is 66.3 Å². The SMILES string of the molecule is CC[N+](CC)(Cc1cc(C)cc(C)c1)CC(CCCc1cc(C)cc(C)c1)NC(=O)c1cccc2ccccc12.[Br-]. The number of quaternary nitrogens is 1. The Balaban J connectivity index is 0.00000462. The second-order valence-corrected chi connectivity index (χ2v) is 11.9. The summed E-state index contributed by atoms with van der Waals surface area (Å²) in [5.74, 6) is 0.0323. The van der Waals surface area contributed by atoms with Crippen molar-refractivity contribution in [3.63, 3.8) is 0 Å². The zero-order chi connectivity index (χ0) is 28.7. The molecule has 41 heavy (non-hydrogen) atoms. The zero-order valence-electron chi connectivity index (χ0n) is 25.8. The highest BCUT2D eigenvalue weighted by Crippen LogP contribution is 2.22. The molecular weight excluding hydrogens is 568 g/mol. The van der Waals surface area contributed by atoms with Crippen molar-refractivity contribution in [2.24, 2.45) is 0 Å². The van der Waals surface area contributed by atoms with E-state index >= 15 is 0 Å². The minimum Gasteiger partial charge on any atom is -1.00 e. The van der Waals surface area contributed by atoms with Crippen LogP contribution in [0.3, 0.4) is 0 Å². The first-order valence-corrected chi connectivity index (χ1v) is 15.0. The second-order valence-electron chi connectivity index (χ2n) is 11.9. The molecule has 1 unspecified atom stereocenters. The van der Waals surface area contributed by atoms with Gasteiger partial charge in [0.15, 0.2) is 0 Å². The van der Waals surface area contributed by atoms with Gasteiger partial charge < -0.3 is 26.8 Å². The lowest BCUT2D eigenvalue weighted by Gasteiger charge is -2.40. The van der Waals surface area contributed by atoms with Crippen molar-refractivity contribution in [1.29, 1.82) is 0 Å². The van der Waals surface area contributed by atoms with Gasteiger partial charge in [-0.15, -0.1) is 0 Å². The molecule has 4 aromatic carbocycles. The number of aryl methyl sites for hydroxylation is 5. The van der Waals surface area contributed by atoms with Gasteiger partial charge in [-0.2, -0.15) is 0 Å². The molecule has 1 N–H and O–H groups in total. The average molecular weight is 616 g/mol. The Labute approximate surface area is 258 Å². The Morgan fingerprint density at radius 2 is 1.32 bits per heavy atom. The van der Waals surface area contributed by atoms with Gasteiger partial charge in [0.1, 0.15) is 6.54 Å². The van der Waals surface area contributed by atoms with Crippen LogP contribution in [0.25, 0.3) is 10.8 Å². The van der Waals surface area contributed by atoms with E-state index in [-0.39, 0.29) is 28.9 Å². The van der Waals surface area contributed by atoms with Gasteiger partial charge in [0.05, 0.1) is 25.7 Å². The fourth-order valence-corrected chi connectivity index (χ4v) is 6.45. The summed E-state index contributed by atoms with van der Waals surface area (Å²) in [5.41, 5.74) is 8.80. The summed E-state index contributed by atoms with van der Waals surface area (Å²) in [4.78, 5) is 13.8. The summed E-state index contributed by atoms with van der Waals surface area (Å²) in [6.45, 7) is 17.3. The Kier molecular flexibility index (Phi) is 11.7. The molecule has 4 rings (SSSR count). The monoisotopic (exact) mass is 614 g/mol. The van der Waals surface area contributed by atoms with Crippen molar-refractivity contribution in [3.05, 3.63) is 118 Å². The molecule has 0 saturated carbocycles. The summed E-state index contributed by atoms with van der Waals surface area (Å²) < 4.78 is 0.951. The van der Waals surface area contributed by atoms with E-state index in [0.29, 0.717) is 0 Å². The number of halogens is 1. The Hall–Kier alpha value is -2.95. The predicted molar refractivity (Wildman–Crippen MR) is 170 cm³/mol. The standard InChI is InChI=1S/C37H46N2O.BrH/c1-7-39(8-2,25-32-23-29(5)20-30(6)24-32)26-34(16-11-13-31-21-27(3)19-28(4)22-31)38-37(40)36-18-12-15-33-14-9-10-17-35(33)36;/h9-10,12,14-15,17-24,34H,7-8,11,13,16,25-26H2,1-6H3;1H. The number of amides is 1. The highest BCUT2D eigenvalue weighted by molar-refractivity contribution is 6.07. The normalized spacial score (nSPS) is 12.1. The van der Waals surface area contributed by atoms with Crippen LogP contribution in [0.1, 0.15) is 70.4 Å². The van der Waals surface area contributed by atoms with Crippen LogP contribution in [0.2, 0.25) is 0 Å². The van der Waals surface area contributed by atoms with E-state index in [9.17, 15) is 4.79 Å². The number of rotatable bonds is 12. The van der Waals surface area contributed by atoms with E-state index in [1.807, 2.05) is 24.3 Å². The minimum atomic E-state index is 0. The third-order valence-electron chi connectivity index (χ3n) is 8.42. The molecule has 0 aromatic heterocycles. The molecule has 1 atom stereocenters. The van der Waals surface area contributed by atoms with E-state index in [1.165, 1.54) is 33.4 Å². The zero-order valence-corrected chi connectivity index (χ0v) is 27.4. The van der Waals surface area contributed by atoms with E-state index in [4.69, 9.17) is 0 Å². The van der Waals surface area contributed by atoms with Crippen molar-refractivity contribution >= 4 is 16.7 Å². The number of benzene rings is 4. The van der Waals surface area contributed by atoms with Gasteiger partial charge >= 0.3 is 0 Å². The van der Waals surface area contributed by atoms with Gasteiger partial charge in [-0.05, 0) is 83.2 Å². The number of likely N-dealkylation sites (N-methyl/N-ethyl adjacent to an activating group) is 1. The summed E-state index contributed by atoms with van der Waals surface area (Å²) in [6.07, 6.45) is 3.02. The maximum absolute atomic E-state index is 13.8. The molecule has 0 aliphatic carbocycles. The Morgan fingerprint density at radius 1 is 0.756 bits per heavy atom. The van der Waals surface area contributed by atoms with Gasteiger partial charge in [-0.3, -0.25) is 4.79 Å². The van der Waals surface area contributed by atoms with Gasteiger partial charge in [-0.25, -0.2) is 0 Å². The molecule has 1 amide bonds. The third kappa shape index (κ3) is 8.77. The minimum absolute atomic E-state index is 0.